The van der Waals surface area contributed by atoms with Crippen molar-refractivity contribution in [1.29, 1.82) is 0 Å². The number of carbonyl (C=O) groups excluding carboxylic acids is 5. The molecule has 2 aliphatic rings. The van der Waals surface area contributed by atoms with Gasteiger partial charge in [0, 0.05) is 37.9 Å². The Morgan fingerprint density at radius 2 is 1.73 bits per heavy atom. The van der Waals surface area contributed by atoms with Gasteiger partial charge in [-0.2, -0.15) is 0 Å². The van der Waals surface area contributed by atoms with Gasteiger partial charge in [0.15, 0.2) is 6.10 Å². The number of methoxy groups -OCH3 is 1. The van der Waals surface area contributed by atoms with Gasteiger partial charge in [-0.3, -0.25) is 28.9 Å². The zero-order chi connectivity index (χ0) is 38.0. The number of likely N-dealkylation sites (N-methyl/N-ethyl adjacent to an activating group) is 2. The molecule has 1 aromatic carbocycles. The molecule has 3 amide bonds. The van der Waals surface area contributed by atoms with Gasteiger partial charge in [0.2, 0.25) is 11.8 Å². The Labute approximate surface area is 312 Å². The zero-order valence-electron chi connectivity index (χ0n) is 31.8. The normalized spacial score (nSPS) is 19.6. The lowest BCUT2D eigenvalue weighted by atomic mass is 9.90. The SMILES string of the molecule is COC(=O)[C@@H](C)C[C@H](Cc1ccccc1)NC(=O)c1csc([C@@H](CC(C(C)C)N(C)C(=O)C2(NC(=O)[C@H]3CCCCN3C)CCCC2)OC(C)=O)n1. The van der Waals surface area contributed by atoms with Crippen LogP contribution in [0.3, 0.4) is 0 Å². The number of hydrogen-bond donors (Lipinski definition) is 2. The topological polar surface area (TPSA) is 147 Å². The number of likely N-dealkylation sites (tertiary alicyclic amines) is 1. The summed E-state index contributed by atoms with van der Waals surface area (Å²) in [4.78, 5) is 74.6. The number of amides is 3. The summed E-state index contributed by atoms with van der Waals surface area (Å²) in [5, 5.41) is 8.34. The highest BCUT2D eigenvalue weighted by Crippen LogP contribution is 2.36. The van der Waals surface area contributed by atoms with E-state index in [1.807, 2.05) is 51.2 Å². The quantitative estimate of drug-likeness (QED) is 0.225. The molecule has 1 unspecified atom stereocenters. The number of rotatable bonds is 16. The molecule has 2 heterocycles. The van der Waals surface area contributed by atoms with E-state index in [1.54, 1.807) is 24.3 Å². The molecule has 2 fully saturated rings. The predicted octanol–water partition coefficient (Wildman–Crippen LogP) is 5.07. The number of nitrogens with zero attached hydrogens (tertiary/aromatic N) is 3. The first-order chi connectivity index (χ1) is 24.7. The Balaban J connectivity index is 1.51. The third kappa shape index (κ3) is 10.6. The maximum absolute atomic E-state index is 14.4. The molecule has 4 rings (SSSR count). The molecule has 0 bridgehead atoms. The fourth-order valence-corrected chi connectivity index (χ4v) is 8.54. The van der Waals surface area contributed by atoms with Crippen LogP contribution in [-0.4, -0.2) is 95.9 Å². The lowest BCUT2D eigenvalue weighted by Gasteiger charge is -2.41. The lowest BCUT2D eigenvalue weighted by Crippen LogP contribution is -2.62. The molecule has 12 nitrogen and oxygen atoms in total. The van der Waals surface area contributed by atoms with Gasteiger partial charge < -0.3 is 25.0 Å². The smallest absolute Gasteiger partial charge is 0.308 e. The Kier molecular flexibility index (Phi) is 14.8. The van der Waals surface area contributed by atoms with Crippen molar-refractivity contribution in [2.24, 2.45) is 11.8 Å². The third-order valence-corrected chi connectivity index (χ3v) is 11.5. The molecule has 286 valence electrons. The maximum Gasteiger partial charge on any atom is 0.308 e. The molecule has 1 aliphatic heterocycles. The first-order valence-electron chi connectivity index (χ1n) is 18.6. The number of piperidine rings is 1. The van der Waals surface area contributed by atoms with E-state index in [0.29, 0.717) is 30.7 Å². The van der Waals surface area contributed by atoms with Gasteiger partial charge in [-0.1, -0.05) is 70.4 Å². The summed E-state index contributed by atoms with van der Waals surface area (Å²) in [6.45, 7) is 7.98. The molecule has 2 N–H and O–H groups in total. The first-order valence-corrected chi connectivity index (χ1v) is 19.5. The zero-order valence-corrected chi connectivity index (χ0v) is 32.6. The summed E-state index contributed by atoms with van der Waals surface area (Å²) in [7, 11) is 5.07. The second-order valence-electron chi connectivity index (χ2n) is 14.9. The molecule has 52 heavy (non-hydrogen) atoms. The van der Waals surface area contributed by atoms with Crippen molar-refractivity contribution in [3.05, 3.63) is 52.0 Å². The molecule has 1 saturated heterocycles. The Morgan fingerprint density at radius 1 is 1.04 bits per heavy atom. The highest BCUT2D eigenvalue weighted by atomic mass is 32.1. The molecule has 0 spiro atoms. The van der Waals surface area contributed by atoms with Crippen LogP contribution in [0.5, 0.6) is 0 Å². The molecule has 5 atom stereocenters. The van der Waals surface area contributed by atoms with E-state index in [2.05, 4.69) is 20.5 Å². The molecule has 1 aromatic heterocycles. The van der Waals surface area contributed by atoms with Gasteiger partial charge >= 0.3 is 11.9 Å². The number of thiazole rings is 1. The van der Waals surface area contributed by atoms with E-state index in [9.17, 15) is 24.0 Å². The first kappa shape index (κ1) is 40.9. The molecule has 1 saturated carbocycles. The number of esters is 2. The minimum absolute atomic E-state index is 0.0242. The third-order valence-electron chi connectivity index (χ3n) is 10.6. The number of carbonyl (C=O) groups is 5. The Morgan fingerprint density at radius 3 is 2.35 bits per heavy atom. The summed E-state index contributed by atoms with van der Waals surface area (Å²) < 4.78 is 10.7. The number of ether oxygens (including phenoxy) is 2. The van der Waals surface area contributed by atoms with Crippen molar-refractivity contribution in [3.8, 4) is 0 Å². The lowest BCUT2D eigenvalue weighted by molar-refractivity contribution is -0.150. The van der Waals surface area contributed by atoms with Gasteiger partial charge in [-0.25, -0.2) is 4.98 Å². The second kappa shape index (κ2) is 18.8. The highest BCUT2D eigenvalue weighted by molar-refractivity contribution is 7.09. The Bertz CT molecular complexity index is 1530. The van der Waals surface area contributed by atoms with Crippen LogP contribution in [0.4, 0.5) is 0 Å². The summed E-state index contributed by atoms with van der Waals surface area (Å²) in [6, 6.07) is 8.73. The van der Waals surface area contributed by atoms with Gasteiger partial charge in [-0.05, 0) is 63.6 Å². The fourth-order valence-electron chi connectivity index (χ4n) is 7.70. The summed E-state index contributed by atoms with van der Waals surface area (Å²) in [5.41, 5.74) is 0.201. The van der Waals surface area contributed by atoms with Gasteiger partial charge in [0.05, 0.1) is 19.1 Å². The van der Waals surface area contributed by atoms with Crippen LogP contribution in [0, 0.1) is 11.8 Å². The number of benzene rings is 1. The second-order valence-corrected chi connectivity index (χ2v) is 15.8. The summed E-state index contributed by atoms with van der Waals surface area (Å²) in [6.07, 6.45) is 5.99. The van der Waals surface area contributed by atoms with E-state index in [-0.39, 0.29) is 53.9 Å². The predicted molar refractivity (Wildman–Crippen MR) is 199 cm³/mol. The van der Waals surface area contributed by atoms with E-state index in [4.69, 9.17) is 9.47 Å². The van der Waals surface area contributed by atoms with Crippen LogP contribution in [0.15, 0.2) is 35.7 Å². The van der Waals surface area contributed by atoms with Crippen molar-refractivity contribution in [2.45, 2.75) is 122 Å². The van der Waals surface area contributed by atoms with E-state index in [1.165, 1.54) is 25.4 Å². The molecular weight excluding hydrogens is 683 g/mol. The van der Waals surface area contributed by atoms with Crippen LogP contribution in [0.2, 0.25) is 0 Å². The van der Waals surface area contributed by atoms with Crippen molar-refractivity contribution < 1.29 is 33.4 Å². The molecule has 13 heteroatoms. The van der Waals surface area contributed by atoms with Gasteiger partial charge in [-0.15, -0.1) is 11.3 Å². The van der Waals surface area contributed by atoms with Gasteiger partial charge in [0.1, 0.15) is 16.2 Å². The molecule has 2 aromatic rings. The van der Waals surface area contributed by atoms with Crippen molar-refractivity contribution in [2.75, 3.05) is 27.7 Å². The monoisotopic (exact) mass is 739 g/mol. The van der Waals surface area contributed by atoms with Crippen molar-refractivity contribution in [3.63, 3.8) is 0 Å². The van der Waals surface area contributed by atoms with Gasteiger partial charge in [0.25, 0.3) is 5.91 Å². The van der Waals surface area contributed by atoms with E-state index in [0.717, 1.165) is 44.2 Å². The average molecular weight is 740 g/mol. The van der Waals surface area contributed by atoms with Crippen LogP contribution in [0.1, 0.15) is 113 Å². The Hall–Kier alpha value is -3.84. The van der Waals surface area contributed by atoms with Crippen molar-refractivity contribution >= 4 is 41.0 Å². The van der Waals surface area contributed by atoms with Crippen molar-refractivity contribution in [1.82, 2.24) is 25.4 Å². The number of aromatic nitrogens is 1. The van der Waals surface area contributed by atoms with Crippen LogP contribution in [-0.2, 0) is 35.1 Å². The van der Waals surface area contributed by atoms with E-state index >= 15 is 0 Å². The van der Waals surface area contributed by atoms with E-state index < -0.39 is 29.4 Å². The standard InChI is InChI=1S/C39H57N5O7S/c1-25(2)32(44(6)38(49)39(18-12-13-19-39)42-35(47)31-17-11-14-20-43(31)5)23-33(51-27(4)45)36-41-30(24-52-36)34(46)40-29(21-26(3)37(48)50-7)22-28-15-9-8-10-16-28/h8-10,15-16,24-26,29,31-33H,11-14,17-23H2,1-7H3,(H,40,46)(H,42,47)/t26-,29+,31+,32?,33+/m0/s1. The fraction of sp³-hybridized carbons (Fsp3) is 0.641. The van der Waals surface area contributed by atoms with Crippen LogP contribution < -0.4 is 10.6 Å². The number of nitrogens with one attached hydrogen (secondary N) is 2. The average Bonchev–Trinajstić information content (AvgIpc) is 3.80. The summed E-state index contributed by atoms with van der Waals surface area (Å²) in [5.74, 6) is -1.95. The minimum Gasteiger partial charge on any atom is -0.469 e. The largest absolute Gasteiger partial charge is 0.469 e. The maximum atomic E-state index is 14.4. The molecular formula is C39H57N5O7S. The van der Waals surface area contributed by atoms with Crippen LogP contribution in [0.25, 0.3) is 0 Å². The highest BCUT2D eigenvalue weighted by Gasteiger charge is 2.47. The molecule has 0 radical (unpaired) electrons. The van der Waals surface area contributed by atoms with Crippen LogP contribution >= 0.6 is 11.3 Å². The molecule has 1 aliphatic carbocycles. The minimum atomic E-state index is -0.984. The number of hydrogen-bond acceptors (Lipinski definition) is 10. The summed E-state index contributed by atoms with van der Waals surface area (Å²) >= 11 is 1.22.